The Hall–Kier alpha value is -1.22. The minimum absolute atomic E-state index is 1.12. The molecule has 0 radical (unpaired) electrons. The largest absolute Gasteiger partial charge is 0.383 e. The highest BCUT2D eigenvalue weighted by Crippen LogP contribution is 2.33. The molecule has 18 heavy (non-hydrogen) atoms. The van der Waals surface area contributed by atoms with E-state index in [-0.39, 0.29) is 0 Å². The Morgan fingerprint density at radius 2 is 2.00 bits per heavy atom. The van der Waals surface area contributed by atoms with Crippen molar-refractivity contribution in [1.29, 1.82) is 0 Å². The smallest absolute Gasteiger partial charge is 0.0610 e. The van der Waals surface area contributed by atoms with E-state index in [1.807, 2.05) is 0 Å². The molecule has 0 aliphatic carbocycles. The van der Waals surface area contributed by atoms with Crippen molar-refractivity contribution in [1.82, 2.24) is 4.90 Å². The fourth-order valence-electron chi connectivity index (χ4n) is 3.04. The van der Waals surface area contributed by atoms with Crippen molar-refractivity contribution in [2.45, 2.75) is 19.3 Å². The van der Waals surface area contributed by atoms with Crippen LogP contribution in [-0.4, -0.2) is 44.7 Å². The number of aryl methyl sites for hydroxylation is 1. The van der Waals surface area contributed by atoms with Gasteiger partial charge in [-0.15, -0.1) is 0 Å². The minimum atomic E-state index is 1.12. The maximum Gasteiger partial charge on any atom is 0.0610 e. The van der Waals surface area contributed by atoms with Crippen LogP contribution in [0.25, 0.3) is 0 Å². The van der Waals surface area contributed by atoms with Gasteiger partial charge in [0.15, 0.2) is 0 Å². The van der Waals surface area contributed by atoms with Crippen LogP contribution in [0.15, 0.2) is 18.2 Å². The first-order valence-electron chi connectivity index (χ1n) is 7.14. The molecule has 1 aromatic carbocycles. The molecule has 2 aliphatic rings. The number of para-hydroxylation sites is 1. The predicted octanol–water partition coefficient (Wildman–Crippen LogP) is 2.19. The van der Waals surface area contributed by atoms with Crippen LogP contribution in [0.5, 0.6) is 0 Å². The van der Waals surface area contributed by atoms with E-state index in [1.54, 1.807) is 0 Å². The molecular formula is C15H23N3. The fourth-order valence-corrected chi connectivity index (χ4v) is 3.04. The molecular weight excluding hydrogens is 222 g/mol. The van der Waals surface area contributed by atoms with Crippen molar-refractivity contribution < 1.29 is 0 Å². The summed E-state index contributed by atoms with van der Waals surface area (Å²) in [7, 11) is 2.22. The summed E-state index contributed by atoms with van der Waals surface area (Å²) in [5.74, 6) is 0. The van der Waals surface area contributed by atoms with Gasteiger partial charge in [-0.1, -0.05) is 12.1 Å². The summed E-state index contributed by atoms with van der Waals surface area (Å²) < 4.78 is 0. The number of nitrogens with one attached hydrogen (secondary N) is 1. The molecule has 98 valence electrons. The molecule has 0 spiro atoms. The van der Waals surface area contributed by atoms with Gasteiger partial charge in [0.05, 0.1) is 11.4 Å². The Morgan fingerprint density at radius 3 is 2.94 bits per heavy atom. The number of hydrogen-bond acceptors (Lipinski definition) is 3. The van der Waals surface area contributed by atoms with Crippen LogP contribution in [-0.2, 0) is 6.42 Å². The van der Waals surface area contributed by atoms with Gasteiger partial charge in [-0.2, -0.15) is 0 Å². The molecule has 1 aromatic rings. The Morgan fingerprint density at radius 1 is 1.06 bits per heavy atom. The van der Waals surface area contributed by atoms with E-state index in [1.165, 1.54) is 55.8 Å². The van der Waals surface area contributed by atoms with E-state index in [2.05, 4.69) is 40.4 Å². The Balaban J connectivity index is 1.87. The van der Waals surface area contributed by atoms with Crippen LogP contribution >= 0.6 is 0 Å². The summed E-state index contributed by atoms with van der Waals surface area (Å²) in [4.78, 5) is 4.99. The van der Waals surface area contributed by atoms with Crippen LogP contribution in [0.1, 0.15) is 18.4 Å². The van der Waals surface area contributed by atoms with Gasteiger partial charge < -0.3 is 15.1 Å². The predicted molar refractivity (Wildman–Crippen MR) is 77.6 cm³/mol. The number of likely N-dealkylation sites (N-methyl/N-ethyl adjacent to an activating group) is 1. The zero-order valence-electron chi connectivity index (χ0n) is 11.3. The Bertz CT molecular complexity index is 416. The first-order chi connectivity index (χ1) is 8.84. The normalized spacial score (nSPS) is 21.1. The third-order valence-electron chi connectivity index (χ3n) is 4.11. The van der Waals surface area contributed by atoms with Crippen LogP contribution < -0.4 is 10.2 Å². The maximum atomic E-state index is 3.60. The summed E-state index contributed by atoms with van der Waals surface area (Å²) in [5.41, 5.74) is 4.31. The molecule has 0 atom stereocenters. The van der Waals surface area contributed by atoms with Crippen molar-refractivity contribution in [3.05, 3.63) is 23.8 Å². The fraction of sp³-hybridized carbons (Fsp3) is 0.600. The number of fused-ring (bicyclic) bond motifs is 1. The second kappa shape index (κ2) is 5.19. The van der Waals surface area contributed by atoms with Gasteiger partial charge in [0.2, 0.25) is 0 Å². The standard InChI is InChI=1S/C15H23N3/c1-17-9-4-10-18(12-11-17)14-7-2-5-13-6-3-8-16-15(13)14/h2,5,7,16H,3-4,6,8-12H2,1H3. The van der Waals surface area contributed by atoms with E-state index < -0.39 is 0 Å². The molecule has 3 rings (SSSR count). The van der Waals surface area contributed by atoms with E-state index in [0.29, 0.717) is 0 Å². The first kappa shape index (κ1) is 11.8. The number of nitrogens with zero attached hydrogens (tertiary/aromatic N) is 2. The Kier molecular flexibility index (Phi) is 3.41. The maximum absolute atomic E-state index is 3.60. The summed E-state index contributed by atoms with van der Waals surface area (Å²) in [6.45, 7) is 5.84. The van der Waals surface area contributed by atoms with Gasteiger partial charge in [0, 0.05) is 26.2 Å². The highest BCUT2D eigenvalue weighted by molar-refractivity contribution is 5.74. The van der Waals surface area contributed by atoms with Gasteiger partial charge in [-0.3, -0.25) is 0 Å². The van der Waals surface area contributed by atoms with Crippen molar-refractivity contribution in [3.63, 3.8) is 0 Å². The third-order valence-corrected chi connectivity index (χ3v) is 4.11. The van der Waals surface area contributed by atoms with Crippen molar-refractivity contribution in [2.24, 2.45) is 0 Å². The zero-order chi connectivity index (χ0) is 12.4. The average Bonchev–Trinajstić information content (AvgIpc) is 2.63. The molecule has 0 unspecified atom stereocenters. The summed E-state index contributed by atoms with van der Waals surface area (Å²) in [5, 5.41) is 3.60. The number of rotatable bonds is 1. The van der Waals surface area contributed by atoms with Crippen molar-refractivity contribution in [2.75, 3.05) is 50.0 Å². The van der Waals surface area contributed by atoms with Crippen molar-refractivity contribution >= 4 is 11.4 Å². The lowest BCUT2D eigenvalue weighted by molar-refractivity contribution is 0.360. The minimum Gasteiger partial charge on any atom is -0.383 e. The summed E-state index contributed by atoms with van der Waals surface area (Å²) in [6, 6.07) is 6.77. The molecule has 0 bridgehead atoms. The number of benzene rings is 1. The molecule has 1 N–H and O–H groups in total. The monoisotopic (exact) mass is 245 g/mol. The number of anilines is 2. The second-order valence-electron chi connectivity index (χ2n) is 5.49. The molecule has 0 amide bonds. The van der Waals surface area contributed by atoms with Gasteiger partial charge in [-0.25, -0.2) is 0 Å². The molecule has 0 aromatic heterocycles. The first-order valence-corrected chi connectivity index (χ1v) is 7.14. The molecule has 2 heterocycles. The van der Waals surface area contributed by atoms with Gasteiger partial charge >= 0.3 is 0 Å². The van der Waals surface area contributed by atoms with Crippen LogP contribution in [0.2, 0.25) is 0 Å². The van der Waals surface area contributed by atoms with E-state index in [0.717, 1.165) is 13.1 Å². The molecule has 0 saturated carbocycles. The zero-order valence-corrected chi connectivity index (χ0v) is 11.3. The van der Waals surface area contributed by atoms with Crippen LogP contribution in [0.4, 0.5) is 11.4 Å². The number of hydrogen-bond donors (Lipinski definition) is 1. The summed E-state index contributed by atoms with van der Waals surface area (Å²) in [6.07, 6.45) is 3.75. The average molecular weight is 245 g/mol. The van der Waals surface area contributed by atoms with E-state index in [9.17, 15) is 0 Å². The lowest BCUT2D eigenvalue weighted by Gasteiger charge is -2.29. The van der Waals surface area contributed by atoms with Crippen LogP contribution in [0, 0.1) is 0 Å². The van der Waals surface area contributed by atoms with Gasteiger partial charge in [0.25, 0.3) is 0 Å². The van der Waals surface area contributed by atoms with E-state index in [4.69, 9.17) is 0 Å². The third kappa shape index (κ3) is 2.32. The molecule has 3 heteroatoms. The Labute approximate surface area is 110 Å². The van der Waals surface area contributed by atoms with Crippen LogP contribution in [0.3, 0.4) is 0 Å². The van der Waals surface area contributed by atoms with E-state index >= 15 is 0 Å². The van der Waals surface area contributed by atoms with Crippen molar-refractivity contribution in [3.8, 4) is 0 Å². The summed E-state index contributed by atoms with van der Waals surface area (Å²) >= 11 is 0. The second-order valence-corrected chi connectivity index (χ2v) is 5.49. The molecule has 1 saturated heterocycles. The van der Waals surface area contributed by atoms with Gasteiger partial charge in [0.1, 0.15) is 0 Å². The highest BCUT2D eigenvalue weighted by Gasteiger charge is 2.18. The molecule has 3 nitrogen and oxygen atoms in total. The molecule has 1 fully saturated rings. The lowest BCUT2D eigenvalue weighted by Crippen LogP contribution is -2.30. The van der Waals surface area contributed by atoms with Gasteiger partial charge in [-0.05, 0) is 44.5 Å². The SMILES string of the molecule is CN1CCCN(c2cccc3c2NCCC3)CC1. The highest BCUT2D eigenvalue weighted by atomic mass is 15.2. The lowest BCUT2D eigenvalue weighted by atomic mass is 10.0. The topological polar surface area (TPSA) is 18.5 Å². The molecule has 2 aliphatic heterocycles. The quantitative estimate of drug-likeness (QED) is 0.818.